The molecule has 1 saturated carbocycles. The Kier molecular flexibility index (Phi) is 3.70. The molecular formula is C19H20O8. The van der Waals surface area contributed by atoms with E-state index in [9.17, 15) is 40.2 Å². The first-order valence-corrected chi connectivity index (χ1v) is 8.69. The van der Waals surface area contributed by atoms with E-state index in [-0.39, 0.29) is 24.0 Å². The third-order valence-electron chi connectivity index (χ3n) is 6.10. The van der Waals surface area contributed by atoms with E-state index in [2.05, 4.69) is 0 Å². The van der Waals surface area contributed by atoms with Crippen LogP contribution in [0.5, 0.6) is 5.75 Å². The molecule has 0 aliphatic heterocycles. The van der Waals surface area contributed by atoms with Gasteiger partial charge in [-0.05, 0) is 18.4 Å². The Morgan fingerprint density at radius 1 is 1.11 bits per heavy atom. The van der Waals surface area contributed by atoms with Gasteiger partial charge >= 0.3 is 0 Å². The van der Waals surface area contributed by atoms with Crippen molar-refractivity contribution in [3.63, 3.8) is 0 Å². The Morgan fingerprint density at radius 3 is 2.44 bits per heavy atom. The number of phenolic OH excluding ortho intramolecular Hbond substituents is 1. The van der Waals surface area contributed by atoms with E-state index in [4.69, 9.17) is 0 Å². The minimum absolute atomic E-state index is 0.144. The standard InChI is InChI=1S/C19H20O8/c1-7-5-10(21)19(27)13-12(16(24)17(25)18(19,26)6-7)15(23)11-8(14(13)22)3-2-4-9(11)20/h2-4,7,15-17,20,23-27H,5-6H2,1H3/t7-,15-,16+,17+,18-,19-/m1/s1. The van der Waals surface area contributed by atoms with E-state index in [1.807, 2.05) is 0 Å². The van der Waals surface area contributed by atoms with Crippen LogP contribution >= 0.6 is 0 Å². The predicted molar refractivity (Wildman–Crippen MR) is 89.7 cm³/mol. The second-order valence-electron chi connectivity index (χ2n) is 7.76. The largest absolute Gasteiger partial charge is 0.508 e. The summed E-state index contributed by atoms with van der Waals surface area (Å²) in [6.45, 7) is 1.64. The van der Waals surface area contributed by atoms with Crippen molar-refractivity contribution in [2.45, 2.75) is 49.3 Å². The van der Waals surface area contributed by atoms with Gasteiger partial charge in [0.15, 0.2) is 17.2 Å². The van der Waals surface area contributed by atoms with Gasteiger partial charge in [-0.3, -0.25) is 9.59 Å². The molecule has 3 aliphatic rings. The number of benzene rings is 1. The lowest BCUT2D eigenvalue weighted by atomic mass is 9.54. The summed E-state index contributed by atoms with van der Waals surface area (Å²) in [5, 5.41) is 64.3. The normalized spacial score (nSPS) is 41.1. The molecule has 0 spiro atoms. The lowest BCUT2D eigenvalue weighted by Gasteiger charge is -2.56. The van der Waals surface area contributed by atoms with E-state index in [1.165, 1.54) is 18.2 Å². The number of carbonyl (C=O) groups is 2. The van der Waals surface area contributed by atoms with Crippen LogP contribution in [0.4, 0.5) is 0 Å². The highest BCUT2D eigenvalue weighted by Gasteiger charge is 2.70. The molecule has 3 aliphatic carbocycles. The van der Waals surface area contributed by atoms with Crippen molar-refractivity contribution in [2.24, 2.45) is 5.92 Å². The van der Waals surface area contributed by atoms with Gasteiger partial charge in [-0.25, -0.2) is 0 Å². The topological polar surface area (TPSA) is 156 Å². The van der Waals surface area contributed by atoms with E-state index >= 15 is 0 Å². The van der Waals surface area contributed by atoms with Gasteiger partial charge in [-0.1, -0.05) is 19.1 Å². The van der Waals surface area contributed by atoms with Crippen LogP contribution < -0.4 is 0 Å². The van der Waals surface area contributed by atoms with Gasteiger partial charge in [0.1, 0.15) is 29.7 Å². The minimum Gasteiger partial charge on any atom is -0.508 e. The Balaban J connectivity index is 2.05. The Hall–Kier alpha value is -2.10. The zero-order chi connectivity index (χ0) is 19.9. The fraction of sp³-hybridized carbons (Fsp3) is 0.474. The van der Waals surface area contributed by atoms with Crippen molar-refractivity contribution in [3.05, 3.63) is 40.5 Å². The minimum atomic E-state index is -2.77. The van der Waals surface area contributed by atoms with Crippen LogP contribution in [-0.4, -0.2) is 65.6 Å². The summed E-state index contributed by atoms with van der Waals surface area (Å²) in [4.78, 5) is 25.9. The zero-order valence-corrected chi connectivity index (χ0v) is 14.5. The summed E-state index contributed by atoms with van der Waals surface area (Å²) in [5.74, 6) is -2.56. The maximum atomic E-state index is 13.1. The van der Waals surface area contributed by atoms with E-state index < -0.39 is 63.9 Å². The highest BCUT2D eigenvalue weighted by atomic mass is 16.4. The summed E-state index contributed by atoms with van der Waals surface area (Å²) in [7, 11) is 0. The van der Waals surface area contributed by atoms with Crippen molar-refractivity contribution < 1.29 is 40.2 Å². The van der Waals surface area contributed by atoms with Crippen molar-refractivity contribution in [2.75, 3.05) is 0 Å². The van der Waals surface area contributed by atoms with Crippen molar-refractivity contribution in [3.8, 4) is 5.75 Å². The zero-order valence-electron chi connectivity index (χ0n) is 14.5. The highest BCUT2D eigenvalue weighted by Crippen LogP contribution is 2.55. The highest BCUT2D eigenvalue weighted by molar-refractivity contribution is 6.18. The first kappa shape index (κ1) is 18.3. The molecule has 0 aromatic heterocycles. The summed E-state index contributed by atoms with van der Waals surface area (Å²) in [6, 6.07) is 3.91. The number of rotatable bonds is 0. The second-order valence-corrected chi connectivity index (χ2v) is 7.76. The number of aliphatic hydroxyl groups excluding tert-OH is 3. The van der Waals surface area contributed by atoms with E-state index in [1.54, 1.807) is 6.92 Å². The molecule has 1 fully saturated rings. The Labute approximate surface area is 154 Å². The second kappa shape index (κ2) is 5.46. The molecule has 0 unspecified atom stereocenters. The average Bonchev–Trinajstić information content (AvgIpc) is 2.60. The summed E-state index contributed by atoms with van der Waals surface area (Å²) in [6.07, 6.45) is -6.02. The third kappa shape index (κ3) is 1.99. The molecule has 144 valence electrons. The maximum Gasteiger partial charge on any atom is 0.193 e. The van der Waals surface area contributed by atoms with Gasteiger partial charge in [-0.15, -0.1) is 0 Å². The number of phenols is 1. The van der Waals surface area contributed by atoms with Crippen LogP contribution in [0.3, 0.4) is 0 Å². The van der Waals surface area contributed by atoms with Crippen molar-refractivity contribution >= 4 is 11.6 Å². The number of ketones is 2. The number of aliphatic hydroxyl groups is 5. The number of hydrogen-bond acceptors (Lipinski definition) is 8. The van der Waals surface area contributed by atoms with Gasteiger partial charge in [0.05, 0.1) is 0 Å². The molecule has 6 atom stereocenters. The van der Waals surface area contributed by atoms with Gasteiger partial charge in [0, 0.05) is 28.7 Å². The first-order chi connectivity index (χ1) is 12.6. The molecule has 0 radical (unpaired) electrons. The molecule has 1 aromatic carbocycles. The van der Waals surface area contributed by atoms with Crippen molar-refractivity contribution in [1.29, 1.82) is 0 Å². The molecule has 6 N–H and O–H groups in total. The Bertz CT molecular complexity index is 905. The van der Waals surface area contributed by atoms with Gasteiger partial charge in [0.25, 0.3) is 0 Å². The fourth-order valence-electron chi connectivity index (χ4n) is 4.86. The summed E-state index contributed by atoms with van der Waals surface area (Å²) < 4.78 is 0. The van der Waals surface area contributed by atoms with Crippen LogP contribution in [0.1, 0.15) is 41.8 Å². The molecule has 8 heteroatoms. The maximum absolute atomic E-state index is 13.1. The van der Waals surface area contributed by atoms with Crippen LogP contribution in [0.2, 0.25) is 0 Å². The molecule has 8 nitrogen and oxygen atoms in total. The number of Topliss-reactive ketones (excluding diaryl/α,β-unsaturated/α-hetero) is 2. The molecule has 0 bridgehead atoms. The molecular weight excluding hydrogens is 356 g/mol. The fourth-order valence-corrected chi connectivity index (χ4v) is 4.86. The number of aromatic hydroxyl groups is 1. The van der Waals surface area contributed by atoms with Crippen LogP contribution in [0.25, 0.3) is 0 Å². The summed E-state index contributed by atoms with van der Waals surface area (Å²) in [5.41, 5.74) is -6.68. The van der Waals surface area contributed by atoms with Crippen molar-refractivity contribution in [1.82, 2.24) is 0 Å². The summed E-state index contributed by atoms with van der Waals surface area (Å²) >= 11 is 0. The lowest BCUT2D eigenvalue weighted by Crippen LogP contribution is -2.75. The molecule has 1 aromatic rings. The molecule has 4 rings (SSSR count). The number of hydrogen-bond donors (Lipinski definition) is 6. The molecule has 27 heavy (non-hydrogen) atoms. The van der Waals surface area contributed by atoms with Crippen LogP contribution in [0.15, 0.2) is 29.3 Å². The SMILES string of the molecule is C[C@@H]1CC(=O)[C@@]2(O)C3=C([C@H](O)c4c(O)cccc4C3=O)[C@H](O)[C@H](O)[C@]2(O)C1. The number of fused-ring (bicyclic) bond motifs is 3. The quantitative estimate of drug-likeness (QED) is 0.341. The predicted octanol–water partition coefficient (Wildman–Crippen LogP) is -0.885. The van der Waals surface area contributed by atoms with E-state index in [0.29, 0.717) is 0 Å². The van der Waals surface area contributed by atoms with Gasteiger partial charge < -0.3 is 30.6 Å². The van der Waals surface area contributed by atoms with Crippen LogP contribution in [0, 0.1) is 5.92 Å². The molecule has 0 amide bonds. The van der Waals surface area contributed by atoms with Crippen LogP contribution in [-0.2, 0) is 4.79 Å². The van der Waals surface area contributed by atoms with Gasteiger partial charge in [-0.2, -0.15) is 0 Å². The third-order valence-corrected chi connectivity index (χ3v) is 6.10. The smallest absolute Gasteiger partial charge is 0.193 e. The number of carbonyl (C=O) groups excluding carboxylic acids is 2. The average molecular weight is 376 g/mol. The first-order valence-electron chi connectivity index (χ1n) is 8.69. The van der Waals surface area contributed by atoms with Gasteiger partial charge in [0.2, 0.25) is 0 Å². The monoisotopic (exact) mass is 376 g/mol. The molecule has 0 saturated heterocycles. The molecule has 0 heterocycles. The Morgan fingerprint density at radius 2 is 1.78 bits per heavy atom. The van der Waals surface area contributed by atoms with E-state index in [0.717, 1.165) is 0 Å². The lowest BCUT2D eigenvalue weighted by molar-refractivity contribution is -0.229.